The number of anilines is 1. The highest BCUT2D eigenvalue weighted by molar-refractivity contribution is 7.99. The summed E-state index contributed by atoms with van der Waals surface area (Å²) in [6, 6.07) is 5.17. The average molecular weight is 252 g/mol. The summed E-state index contributed by atoms with van der Waals surface area (Å²) in [7, 11) is 0. The van der Waals surface area contributed by atoms with Gasteiger partial charge in [0.25, 0.3) is 0 Å². The Morgan fingerprint density at radius 2 is 2.31 bits per heavy atom. The van der Waals surface area contributed by atoms with Crippen LogP contribution in [0.15, 0.2) is 40.6 Å². The SMILES string of the molecule is O=C1Nc2cc(Cl)ccc2Sc2nccn21. The lowest BCUT2D eigenvalue weighted by Gasteiger charge is -2.05. The number of nitrogens with zero attached hydrogens (tertiary/aromatic N) is 2. The topological polar surface area (TPSA) is 46.9 Å². The molecule has 2 aromatic rings. The van der Waals surface area contributed by atoms with Crippen LogP contribution in [0, 0.1) is 0 Å². The largest absolute Gasteiger partial charge is 0.332 e. The second-order valence-corrected chi connectivity index (χ2v) is 4.70. The number of aromatic nitrogens is 2. The van der Waals surface area contributed by atoms with Crippen LogP contribution in [0.25, 0.3) is 0 Å². The number of carbonyl (C=O) groups excluding carboxylic acids is 1. The molecule has 0 fully saturated rings. The molecule has 1 amide bonds. The molecule has 1 aromatic carbocycles. The standard InChI is InChI=1S/C10H6ClN3OS/c11-6-1-2-8-7(5-6)13-9(15)14-4-3-12-10(14)16-8/h1-5H,(H,13,15). The molecule has 16 heavy (non-hydrogen) atoms. The molecule has 0 spiro atoms. The Kier molecular flexibility index (Phi) is 2.15. The van der Waals surface area contributed by atoms with Crippen molar-refractivity contribution in [1.29, 1.82) is 0 Å². The molecule has 3 rings (SSSR count). The Hall–Kier alpha value is -1.46. The van der Waals surface area contributed by atoms with Crippen LogP contribution < -0.4 is 5.32 Å². The summed E-state index contributed by atoms with van der Waals surface area (Å²) in [5.41, 5.74) is 0.716. The third-order valence-electron chi connectivity index (χ3n) is 2.21. The van der Waals surface area contributed by atoms with Gasteiger partial charge in [-0.05, 0) is 30.0 Å². The summed E-state index contributed by atoms with van der Waals surface area (Å²) < 4.78 is 1.47. The van der Waals surface area contributed by atoms with Gasteiger partial charge in [-0.15, -0.1) is 0 Å². The fourth-order valence-corrected chi connectivity index (χ4v) is 2.56. The van der Waals surface area contributed by atoms with Crippen molar-refractivity contribution in [2.45, 2.75) is 10.1 Å². The number of hydrogen-bond donors (Lipinski definition) is 1. The van der Waals surface area contributed by atoms with E-state index in [-0.39, 0.29) is 6.03 Å². The lowest BCUT2D eigenvalue weighted by atomic mass is 10.3. The van der Waals surface area contributed by atoms with Gasteiger partial charge in [-0.2, -0.15) is 0 Å². The molecule has 0 saturated carbocycles. The van der Waals surface area contributed by atoms with Gasteiger partial charge in [-0.25, -0.2) is 14.3 Å². The van der Waals surface area contributed by atoms with Crippen LogP contribution in [-0.2, 0) is 0 Å². The fourth-order valence-electron chi connectivity index (χ4n) is 1.48. The summed E-state index contributed by atoms with van der Waals surface area (Å²) >= 11 is 7.31. The maximum Gasteiger partial charge on any atom is 0.332 e. The third-order valence-corrected chi connectivity index (χ3v) is 3.51. The van der Waals surface area contributed by atoms with E-state index < -0.39 is 0 Å². The van der Waals surface area contributed by atoms with Crippen molar-refractivity contribution in [3.8, 4) is 0 Å². The molecular weight excluding hydrogens is 246 g/mol. The lowest BCUT2D eigenvalue weighted by Crippen LogP contribution is -2.17. The molecule has 2 heterocycles. The summed E-state index contributed by atoms with van der Waals surface area (Å²) in [6.45, 7) is 0. The Morgan fingerprint density at radius 1 is 1.44 bits per heavy atom. The molecule has 1 aliphatic rings. The number of halogens is 1. The van der Waals surface area contributed by atoms with Crippen LogP contribution in [0.5, 0.6) is 0 Å². The highest BCUT2D eigenvalue weighted by atomic mass is 35.5. The van der Waals surface area contributed by atoms with Crippen molar-refractivity contribution in [2.24, 2.45) is 0 Å². The van der Waals surface area contributed by atoms with Crippen LogP contribution in [0.4, 0.5) is 10.5 Å². The summed E-state index contributed by atoms with van der Waals surface area (Å²) in [6.07, 6.45) is 3.23. The van der Waals surface area contributed by atoms with Gasteiger partial charge in [-0.1, -0.05) is 11.6 Å². The van der Waals surface area contributed by atoms with E-state index >= 15 is 0 Å². The van der Waals surface area contributed by atoms with Crippen molar-refractivity contribution in [3.63, 3.8) is 0 Å². The van der Waals surface area contributed by atoms with E-state index in [2.05, 4.69) is 10.3 Å². The first-order valence-corrected chi connectivity index (χ1v) is 5.75. The first-order chi connectivity index (χ1) is 7.74. The number of hydrogen-bond acceptors (Lipinski definition) is 3. The number of rotatable bonds is 0. The normalized spacial score (nSPS) is 13.7. The fraction of sp³-hybridized carbons (Fsp3) is 0. The van der Waals surface area contributed by atoms with Gasteiger partial charge in [0.2, 0.25) is 0 Å². The average Bonchev–Trinajstić information content (AvgIpc) is 2.65. The smallest absolute Gasteiger partial charge is 0.306 e. The molecule has 1 aliphatic heterocycles. The van der Waals surface area contributed by atoms with Crippen molar-refractivity contribution >= 4 is 35.1 Å². The number of imidazole rings is 1. The van der Waals surface area contributed by atoms with Crippen molar-refractivity contribution in [2.75, 3.05) is 5.32 Å². The van der Waals surface area contributed by atoms with E-state index in [9.17, 15) is 4.79 Å². The second kappa shape index (κ2) is 3.54. The van der Waals surface area contributed by atoms with Gasteiger partial charge in [0.05, 0.1) is 5.69 Å². The molecule has 0 radical (unpaired) electrons. The molecule has 0 saturated heterocycles. The Balaban J connectivity index is 2.16. The maximum atomic E-state index is 11.8. The van der Waals surface area contributed by atoms with E-state index in [1.807, 2.05) is 6.07 Å². The summed E-state index contributed by atoms with van der Waals surface area (Å²) in [4.78, 5) is 16.8. The Labute approximate surface area is 101 Å². The van der Waals surface area contributed by atoms with Crippen LogP contribution in [-0.4, -0.2) is 15.6 Å². The zero-order valence-corrected chi connectivity index (χ0v) is 9.55. The highest BCUT2D eigenvalue weighted by Gasteiger charge is 2.19. The molecule has 6 heteroatoms. The summed E-state index contributed by atoms with van der Waals surface area (Å²) in [5, 5.41) is 4.03. The minimum atomic E-state index is -0.221. The third kappa shape index (κ3) is 1.48. The predicted octanol–water partition coefficient (Wildman–Crippen LogP) is 3.08. The molecule has 4 nitrogen and oxygen atoms in total. The van der Waals surface area contributed by atoms with Gasteiger partial charge in [0.1, 0.15) is 0 Å². The molecule has 0 atom stereocenters. The Bertz CT molecular complexity index is 581. The van der Waals surface area contributed by atoms with Gasteiger partial charge in [-0.3, -0.25) is 0 Å². The number of benzene rings is 1. The first kappa shape index (κ1) is 9.74. The minimum absolute atomic E-state index is 0.221. The van der Waals surface area contributed by atoms with E-state index in [1.54, 1.807) is 24.5 Å². The maximum absolute atomic E-state index is 11.8. The number of amides is 1. The van der Waals surface area contributed by atoms with Crippen LogP contribution in [0.2, 0.25) is 5.02 Å². The molecule has 80 valence electrons. The molecule has 1 N–H and O–H groups in total. The second-order valence-electron chi connectivity index (χ2n) is 3.25. The van der Waals surface area contributed by atoms with E-state index in [0.717, 1.165) is 4.90 Å². The molecule has 1 aromatic heterocycles. The first-order valence-electron chi connectivity index (χ1n) is 4.56. The van der Waals surface area contributed by atoms with Crippen molar-refractivity contribution in [1.82, 2.24) is 9.55 Å². The van der Waals surface area contributed by atoms with Gasteiger partial charge in [0, 0.05) is 22.3 Å². The lowest BCUT2D eigenvalue weighted by molar-refractivity contribution is 0.252. The van der Waals surface area contributed by atoms with Crippen molar-refractivity contribution in [3.05, 3.63) is 35.6 Å². The van der Waals surface area contributed by atoms with Crippen molar-refractivity contribution < 1.29 is 4.79 Å². The molecular formula is C10H6ClN3OS. The monoisotopic (exact) mass is 251 g/mol. The number of nitrogens with one attached hydrogen (secondary N) is 1. The zero-order chi connectivity index (χ0) is 11.1. The Morgan fingerprint density at radius 3 is 3.19 bits per heavy atom. The van der Waals surface area contributed by atoms with Gasteiger partial charge >= 0.3 is 6.03 Å². The zero-order valence-electron chi connectivity index (χ0n) is 7.98. The van der Waals surface area contributed by atoms with Crippen LogP contribution >= 0.6 is 23.4 Å². The van der Waals surface area contributed by atoms with E-state index in [4.69, 9.17) is 11.6 Å². The number of fused-ring (bicyclic) bond motifs is 2. The van der Waals surface area contributed by atoms with E-state index in [1.165, 1.54) is 16.3 Å². The quantitative estimate of drug-likeness (QED) is 0.783. The molecule has 0 bridgehead atoms. The van der Waals surface area contributed by atoms with E-state index in [0.29, 0.717) is 15.9 Å². The number of carbonyl (C=O) groups is 1. The minimum Gasteiger partial charge on any atom is -0.306 e. The van der Waals surface area contributed by atoms with Crippen LogP contribution in [0.3, 0.4) is 0 Å². The van der Waals surface area contributed by atoms with Gasteiger partial charge in [0.15, 0.2) is 5.16 Å². The highest BCUT2D eigenvalue weighted by Crippen LogP contribution is 2.36. The summed E-state index contributed by atoms with van der Waals surface area (Å²) in [5.74, 6) is 0. The van der Waals surface area contributed by atoms with Crippen LogP contribution in [0.1, 0.15) is 0 Å². The molecule has 0 unspecified atom stereocenters. The predicted molar refractivity (Wildman–Crippen MR) is 62.2 cm³/mol. The molecule has 0 aliphatic carbocycles. The van der Waals surface area contributed by atoms with Gasteiger partial charge < -0.3 is 5.32 Å².